The average molecular weight is 224 g/mol. The van der Waals surface area contributed by atoms with Crippen LogP contribution in [0.2, 0.25) is 0 Å². The smallest absolute Gasteiger partial charge is 0.273 e. The van der Waals surface area contributed by atoms with Gasteiger partial charge >= 0.3 is 10.3 Å². The van der Waals surface area contributed by atoms with E-state index in [1.165, 1.54) is 0 Å². The zero-order valence-electron chi connectivity index (χ0n) is 6.03. The molecular weight excluding hydrogens is 213 g/mol. The summed E-state index contributed by atoms with van der Waals surface area (Å²) in [5.41, 5.74) is 0. The normalized spacial score (nSPS) is 11.3. The van der Waals surface area contributed by atoms with Crippen molar-refractivity contribution in [3.05, 3.63) is 0 Å². The summed E-state index contributed by atoms with van der Waals surface area (Å²) in [4.78, 5) is 0. The topological polar surface area (TPSA) is 57.6 Å². The van der Waals surface area contributed by atoms with Crippen LogP contribution >= 0.6 is 24.0 Å². The van der Waals surface area contributed by atoms with E-state index in [9.17, 15) is 8.42 Å². The Balaban J connectivity index is 0. The Morgan fingerprint density at radius 2 is 2.00 bits per heavy atom. The largest absolute Gasteiger partial charge is 0.337 e. The van der Waals surface area contributed by atoms with Gasteiger partial charge in [0.2, 0.25) is 0 Å². The van der Waals surface area contributed by atoms with Gasteiger partial charge in [0.25, 0.3) is 0 Å². The molecule has 0 aromatic heterocycles. The van der Waals surface area contributed by atoms with Gasteiger partial charge in [0.05, 0.1) is 6.00 Å². The molecular formula is C4H11Cl2NO3S. The van der Waals surface area contributed by atoms with Crippen molar-refractivity contribution in [3.63, 3.8) is 0 Å². The lowest BCUT2D eigenvalue weighted by atomic mass is 10.5. The van der Waals surface area contributed by atoms with Crippen molar-refractivity contribution in [2.45, 2.75) is 13.3 Å². The van der Waals surface area contributed by atoms with E-state index < -0.39 is 10.3 Å². The third-order valence-electron chi connectivity index (χ3n) is 0.933. The van der Waals surface area contributed by atoms with Crippen LogP contribution in [0.1, 0.15) is 13.3 Å². The van der Waals surface area contributed by atoms with Gasteiger partial charge < -0.3 is 0 Å². The predicted octanol–water partition coefficient (Wildman–Crippen LogP) is 1.12. The zero-order valence-corrected chi connectivity index (χ0v) is 8.42. The van der Waals surface area contributed by atoms with E-state index in [-0.39, 0.29) is 25.0 Å². The van der Waals surface area contributed by atoms with Crippen LogP contribution in [-0.4, -0.2) is 29.8 Å². The lowest BCUT2D eigenvalue weighted by Gasteiger charge is -2.12. The third kappa shape index (κ3) is 5.69. The van der Waals surface area contributed by atoms with Crippen LogP contribution in [0, 0.1) is 0 Å². The summed E-state index contributed by atoms with van der Waals surface area (Å²) in [5.74, 6) is 0. The van der Waals surface area contributed by atoms with Gasteiger partial charge in [-0.15, -0.1) is 24.0 Å². The van der Waals surface area contributed by atoms with Crippen LogP contribution in [0.4, 0.5) is 0 Å². The van der Waals surface area contributed by atoms with Crippen molar-refractivity contribution in [2.75, 3.05) is 12.5 Å². The monoisotopic (exact) mass is 223 g/mol. The fourth-order valence-electron chi connectivity index (χ4n) is 0.486. The van der Waals surface area contributed by atoms with Gasteiger partial charge in [-0.3, -0.25) is 4.55 Å². The first-order valence-electron chi connectivity index (χ1n) is 2.81. The van der Waals surface area contributed by atoms with Crippen molar-refractivity contribution in [3.8, 4) is 0 Å². The molecule has 70 valence electrons. The van der Waals surface area contributed by atoms with Crippen molar-refractivity contribution in [2.24, 2.45) is 0 Å². The molecule has 1 N–H and O–H groups in total. The molecule has 4 nitrogen and oxygen atoms in total. The number of rotatable bonds is 4. The minimum absolute atomic E-state index is 0. The molecule has 0 aliphatic carbocycles. The molecule has 0 aliphatic heterocycles. The molecule has 0 unspecified atom stereocenters. The van der Waals surface area contributed by atoms with Gasteiger partial charge in [-0.2, -0.15) is 12.7 Å². The van der Waals surface area contributed by atoms with E-state index in [0.717, 1.165) is 4.31 Å². The van der Waals surface area contributed by atoms with Crippen molar-refractivity contribution in [1.82, 2.24) is 4.31 Å². The first-order chi connectivity index (χ1) is 4.52. The molecule has 0 aromatic carbocycles. The fourth-order valence-corrected chi connectivity index (χ4v) is 1.51. The Bertz CT molecular complexity index is 182. The molecule has 0 saturated heterocycles. The van der Waals surface area contributed by atoms with Gasteiger partial charge in [-0.05, 0) is 6.42 Å². The second kappa shape index (κ2) is 6.02. The molecule has 0 spiro atoms. The maximum atomic E-state index is 10.3. The van der Waals surface area contributed by atoms with E-state index in [0.29, 0.717) is 6.42 Å². The third-order valence-corrected chi connectivity index (χ3v) is 2.33. The predicted molar refractivity (Wildman–Crippen MR) is 46.5 cm³/mol. The van der Waals surface area contributed by atoms with Gasteiger partial charge in [0.1, 0.15) is 0 Å². The van der Waals surface area contributed by atoms with Crippen LogP contribution in [0.5, 0.6) is 0 Å². The van der Waals surface area contributed by atoms with Crippen LogP contribution < -0.4 is 0 Å². The molecule has 0 fully saturated rings. The standard InChI is InChI=1S/C4H10ClNO3S.ClH/c1-2-3-6(4-5)10(7,8)9;/h2-4H2,1H3,(H,7,8,9);1H. The Morgan fingerprint density at radius 1 is 1.55 bits per heavy atom. The highest BCUT2D eigenvalue weighted by molar-refractivity contribution is 7.83. The molecule has 0 rings (SSSR count). The van der Waals surface area contributed by atoms with Crippen LogP contribution in [0.3, 0.4) is 0 Å². The van der Waals surface area contributed by atoms with Crippen molar-refractivity contribution >= 4 is 34.3 Å². The number of nitrogens with zero attached hydrogens (tertiary/aromatic N) is 1. The molecule has 0 saturated carbocycles. The van der Waals surface area contributed by atoms with Crippen molar-refractivity contribution in [1.29, 1.82) is 0 Å². The van der Waals surface area contributed by atoms with E-state index in [1.807, 2.05) is 0 Å². The maximum Gasteiger partial charge on any atom is 0.337 e. The highest BCUT2D eigenvalue weighted by Gasteiger charge is 2.15. The summed E-state index contributed by atoms with van der Waals surface area (Å²) in [7, 11) is -4.08. The molecule has 0 atom stereocenters. The SMILES string of the molecule is CCCN(CCl)S(=O)(=O)O.Cl. The Hall–Kier alpha value is 0.450. The summed E-state index contributed by atoms with van der Waals surface area (Å²) < 4.78 is 29.9. The summed E-state index contributed by atoms with van der Waals surface area (Å²) in [6, 6.07) is -0.202. The maximum absolute atomic E-state index is 10.3. The molecule has 0 heterocycles. The number of hydrogen-bond donors (Lipinski definition) is 1. The molecule has 11 heavy (non-hydrogen) atoms. The second-order valence-electron chi connectivity index (χ2n) is 1.77. The van der Waals surface area contributed by atoms with Crippen LogP contribution in [0.25, 0.3) is 0 Å². The Labute approximate surface area is 77.8 Å². The average Bonchev–Trinajstić information content (AvgIpc) is 1.80. The quantitative estimate of drug-likeness (QED) is 0.442. The van der Waals surface area contributed by atoms with Gasteiger partial charge in [0.15, 0.2) is 0 Å². The zero-order chi connectivity index (χ0) is 8.20. The van der Waals surface area contributed by atoms with E-state index >= 15 is 0 Å². The molecule has 7 heteroatoms. The molecule has 0 amide bonds. The summed E-state index contributed by atoms with van der Waals surface area (Å²) >= 11 is 5.22. The van der Waals surface area contributed by atoms with Crippen LogP contribution in [0.15, 0.2) is 0 Å². The Kier molecular flexibility index (Phi) is 7.66. The molecule has 0 bridgehead atoms. The number of alkyl halides is 1. The van der Waals surface area contributed by atoms with Crippen LogP contribution in [-0.2, 0) is 10.3 Å². The fraction of sp³-hybridized carbons (Fsp3) is 1.00. The second-order valence-corrected chi connectivity index (χ2v) is 3.42. The lowest BCUT2D eigenvalue weighted by Crippen LogP contribution is -2.29. The van der Waals surface area contributed by atoms with Gasteiger partial charge in [0, 0.05) is 6.54 Å². The summed E-state index contributed by atoms with van der Waals surface area (Å²) in [6.45, 7) is 2.05. The first kappa shape index (κ1) is 14.0. The number of hydrogen-bond acceptors (Lipinski definition) is 2. The molecule has 0 aliphatic rings. The van der Waals surface area contributed by atoms with E-state index in [4.69, 9.17) is 16.2 Å². The number of halogens is 2. The van der Waals surface area contributed by atoms with E-state index in [1.54, 1.807) is 6.92 Å². The highest BCUT2D eigenvalue weighted by atomic mass is 35.5. The van der Waals surface area contributed by atoms with Gasteiger partial charge in [-0.1, -0.05) is 6.92 Å². The Morgan fingerprint density at radius 3 is 2.09 bits per heavy atom. The first-order valence-corrected chi connectivity index (χ1v) is 4.74. The van der Waals surface area contributed by atoms with E-state index in [2.05, 4.69) is 0 Å². The lowest BCUT2D eigenvalue weighted by molar-refractivity contribution is 0.378. The molecule has 0 aromatic rings. The van der Waals surface area contributed by atoms with Crippen molar-refractivity contribution < 1.29 is 13.0 Å². The minimum atomic E-state index is -4.08. The molecule has 0 radical (unpaired) electrons. The van der Waals surface area contributed by atoms with Gasteiger partial charge in [-0.25, -0.2) is 0 Å². The minimum Gasteiger partial charge on any atom is -0.273 e. The highest BCUT2D eigenvalue weighted by Crippen LogP contribution is 1.99. The summed E-state index contributed by atoms with van der Waals surface area (Å²) in [5, 5.41) is 0. The summed E-state index contributed by atoms with van der Waals surface area (Å²) in [6.07, 6.45) is 0.631.